The lowest BCUT2D eigenvalue weighted by atomic mass is 9.76. The summed E-state index contributed by atoms with van der Waals surface area (Å²) < 4.78 is 6.42. The third kappa shape index (κ3) is 17.9. The van der Waals surface area contributed by atoms with Crippen LogP contribution in [-0.2, 0) is 19.6 Å². The molecule has 6 aliphatic rings. The van der Waals surface area contributed by atoms with Gasteiger partial charge in [0, 0.05) is 184 Å². The largest absolute Gasteiger partial charge is 0.331 e. The first-order valence-corrected chi connectivity index (χ1v) is 41.1. The number of nitrogens with zero attached hydrogens (tertiary/aromatic N) is 17. The second-order valence-electron chi connectivity index (χ2n) is 30.5. The lowest BCUT2D eigenvalue weighted by Crippen LogP contribution is -2.51. The molecule has 600 valence electrons. The number of piperazine rings is 2. The zero-order chi connectivity index (χ0) is 82.9. The molecule has 3 unspecified atom stereocenters. The summed E-state index contributed by atoms with van der Waals surface area (Å²) in [6, 6.07) is 57.2. The van der Waals surface area contributed by atoms with E-state index in [1.807, 2.05) is 134 Å². The Hall–Kier alpha value is -13.3. The average molecular weight is 1650 g/mol. The number of hydrogen-bond acceptors (Lipinski definition) is 14. The standard InChI is InChI=1S/C32H29ClN6O.2C31H28ClN7O/c1-21-35-13-16-39(21)20-25-17-24-3-2-12-36-31(24)30(28-9-6-26(33)18-29(25)28)23-10-14-38(15-11-23)32(40)37-27-7-4-22(19-34)5-8-27;1-21-34-11-12-39(21)20-24-17-23-18-25(32)6-9-28(23)30(29-27(24)3-2-10-35-29)37-13-15-38(16-14-37)31(40)36-26-7-4-22(19-33)5-8-26;1-21-34-11-12-39(21)20-24-17-23-3-2-10-35-29(23)30(27-9-6-25(32)18-28(24)27)37-13-15-38(16-14-37)31(40)36-26-7-4-22(19-33)5-8-26/h2-9,12-13,16-18,23,30H,10-11,14-15,20H2,1H3,(H,37,40);2*2-12,17-18,30H,13-16,20H2,1H3,(H,36,40). The number of carbonyl (C=O) groups excluding carboxylic acids is 3. The first-order chi connectivity index (χ1) is 58.5. The summed E-state index contributed by atoms with van der Waals surface area (Å²) in [5.74, 6) is 3.27. The zero-order valence-corrected chi connectivity index (χ0v) is 68.7. The summed E-state index contributed by atoms with van der Waals surface area (Å²) in [6.45, 7) is 14.5. The van der Waals surface area contributed by atoms with Gasteiger partial charge in [-0.05, 0) is 246 Å². The molecule has 23 nitrogen and oxygen atoms in total. The highest BCUT2D eigenvalue weighted by molar-refractivity contribution is 6.31. The van der Waals surface area contributed by atoms with E-state index in [2.05, 4.69) is 139 Å². The molecule has 12 aromatic rings. The van der Waals surface area contributed by atoms with Gasteiger partial charge in [0.05, 0.1) is 64.1 Å². The van der Waals surface area contributed by atoms with Crippen molar-refractivity contribution in [1.29, 1.82) is 15.8 Å². The number of urea groups is 3. The van der Waals surface area contributed by atoms with E-state index >= 15 is 0 Å². The second-order valence-corrected chi connectivity index (χ2v) is 31.8. The minimum Gasteiger partial charge on any atom is -0.331 e. The van der Waals surface area contributed by atoms with Gasteiger partial charge in [-0.1, -0.05) is 71.2 Å². The maximum Gasteiger partial charge on any atom is 0.321 e. The number of imidazole rings is 3. The number of anilines is 3. The molecule has 3 N–H and O–H groups in total. The number of hydrogen-bond donors (Lipinski definition) is 3. The Bertz CT molecular complexity index is 5680. The Morgan fingerprint density at radius 2 is 0.750 bits per heavy atom. The number of halogens is 3. The molecule has 6 amide bonds. The zero-order valence-electron chi connectivity index (χ0n) is 66.4. The van der Waals surface area contributed by atoms with Crippen LogP contribution in [0.25, 0.3) is 34.9 Å². The van der Waals surface area contributed by atoms with E-state index in [4.69, 9.17) is 65.5 Å². The van der Waals surface area contributed by atoms with Gasteiger partial charge in [-0.25, -0.2) is 29.3 Å². The van der Waals surface area contributed by atoms with Crippen LogP contribution in [0.1, 0.15) is 132 Å². The van der Waals surface area contributed by atoms with Crippen LogP contribution in [-0.4, -0.2) is 152 Å². The van der Waals surface area contributed by atoms with Crippen LogP contribution >= 0.6 is 34.8 Å². The third-order valence-corrected chi connectivity index (χ3v) is 23.9. The Labute approximate surface area is 711 Å². The number of amides is 6. The van der Waals surface area contributed by atoms with Crippen molar-refractivity contribution in [3.63, 3.8) is 0 Å². The SMILES string of the molecule is Cc1nccn1CC1=Cc2cc(Cl)ccc2C(N2CCN(C(=O)Nc3ccc(C#N)cc3)CC2)c2ncccc21.Cc1nccn1CC1=Cc2cccnc2C(C2CCN(C(=O)Nc3ccc(C#N)cc3)CC2)c2ccc(Cl)cc21.Cc1nccn1CC1=Cc2cccnc2C(N2CCN(C(=O)Nc3ccc(C#N)cc3)CC2)c2ccc(Cl)cc21. The van der Waals surface area contributed by atoms with Crippen LogP contribution in [0.2, 0.25) is 15.1 Å². The molecule has 6 aromatic carbocycles. The Kier molecular flexibility index (Phi) is 24.3. The van der Waals surface area contributed by atoms with Gasteiger partial charge in [0.25, 0.3) is 0 Å². The topological polar surface area (TPSA) is 267 Å². The van der Waals surface area contributed by atoms with Gasteiger partial charge in [-0.15, -0.1) is 0 Å². The molecule has 3 saturated heterocycles. The van der Waals surface area contributed by atoms with Crippen molar-refractivity contribution in [2.75, 3.05) is 81.4 Å². The number of nitrogens with one attached hydrogen (secondary N) is 3. The van der Waals surface area contributed by atoms with E-state index in [-0.39, 0.29) is 36.1 Å². The predicted octanol–water partition coefficient (Wildman–Crippen LogP) is 18.0. The van der Waals surface area contributed by atoms with E-state index in [1.54, 1.807) is 72.8 Å². The number of aromatic nitrogens is 9. The Morgan fingerprint density at radius 3 is 1.19 bits per heavy atom. The number of piperidine rings is 1. The molecule has 26 heteroatoms. The minimum absolute atomic E-state index is 0.0789. The summed E-state index contributed by atoms with van der Waals surface area (Å²) in [5.41, 5.74) is 20.4. The molecule has 0 bridgehead atoms. The number of nitriles is 3. The highest BCUT2D eigenvalue weighted by Gasteiger charge is 2.39. The molecule has 0 spiro atoms. The van der Waals surface area contributed by atoms with Crippen molar-refractivity contribution in [3.05, 3.63) is 336 Å². The first kappa shape index (κ1) is 80.5. The van der Waals surface area contributed by atoms with Crippen molar-refractivity contribution in [2.45, 2.75) is 71.2 Å². The molecule has 18 rings (SSSR count). The minimum atomic E-state index is -0.143. The van der Waals surface area contributed by atoms with Crippen LogP contribution in [0.5, 0.6) is 0 Å². The summed E-state index contributed by atoms with van der Waals surface area (Å²) in [4.78, 5) is 77.3. The predicted molar refractivity (Wildman–Crippen MR) is 468 cm³/mol. The number of fused-ring (bicyclic) bond motifs is 6. The number of pyridine rings is 3. The molecule has 6 aromatic heterocycles. The first-order valence-electron chi connectivity index (χ1n) is 40.0. The Balaban J connectivity index is 0.000000134. The lowest BCUT2D eigenvalue weighted by Gasteiger charge is -2.39. The van der Waals surface area contributed by atoms with Gasteiger partial charge in [0.2, 0.25) is 0 Å². The molecular formula is C94H85Cl3N20O3. The smallest absolute Gasteiger partial charge is 0.321 e. The number of aryl methyl sites for hydroxylation is 3. The van der Waals surface area contributed by atoms with Gasteiger partial charge >= 0.3 is 18.1 Å². The molecular weight excluding hydrogens is 1560 g/mol. The average Bonchev–Trinajstić information content (AvgIpc) is 1.58. The number of rotatable bonds is 12. The summed E-state index contributed by atoms with van der Waals surface area (Å²) in [7, 11) is 0. The van der Waals surface area contributed by atoms with Crippen LogP contribution < -0.4 is 16.0 Å². The van der Waals surface area contributed by atoms with E-state index in [1.165, 1.54) is 11.1 Å². The molecule has 3 fully saturated rings. The molecule has 0 radical (unpaired) electrons. The molecule has 3 atom stereocenters. The fraction of sp³-hybridized carbons (Fsp3) is 0.234. The third-order valence-electron chi connectivity index (χ3n) is 23.2. The fourth-order valence-electron chi connectivity index (χ4n) is 16.9. The van der Waals surface area contributed by atoms with Crippen molar-refractivity contribution >= 4 is 105 Å². The van der Waals surface area contributed by atoms with Crippen molar-refractivity contribution in [1.82, 2.24) is 68.1 Å². The number of allylic oxidation sites excluding steroid dienone is 3. The maximum atomic E-state index is 13.0. The van der Waals surface area contributed by atoms with Crippen molar-refractivity contribution in [2.24, 2.45) is 5.92 Å². The van der Waals surface area contributed by atoms with Gasteiger partial charge in [0.1, 0.15) is 17.5 Å². The van der Waals surface area contributed by atoms with E-state index < -0.39 is 0 Å². The van der Waals surface area contributed by atoms with E-state index in [9.17, 15) is 14.4 Å². The van der Waals surface area contributed by atoms with Crippen LogP contribution in [0.4, 0.5) is 31.4 Å². The van der Waals surface area contributed by atoms with E-state index in [0.717, 1.165) is 103 Å². The van der Waals surface area contributed by atoms with Crippen LogP contribution in [0.3, 0.4) is 0 Å². The highest BCUT2D eigenvalue weighted by atomic mass is 35.5. The summed E-state index contributed by atoms with van der Waals surface area (Å²) >= 11 is 19.6. The monoisotopic (exact) mass is 1650 g/mol. The summed E-state index contributed by atoms with van der Waals surface area (Å²) in [6.07, 6.45) is 25.5. The summed E-state index contributed by atoms with van der Waals surface area (Å²) in [5, 5.41) is 38.0. The van der Waals surface area contributed by atoms with Crippen molar-refractivity contribution < 1.29 is 14.4 Å². The highest BCUT2D eigenvalue weighted by Crippen LogP contribution is 2.47. The number of carbonyl (C=O) groups is 3. The van der Waals surface area contributed by atoms with Gasteiger partial charge in [-0.3, -0.25) is 24.8 Å². The van der Waals surface area contributed by atoms with Crippen LogP contribution in [0.15, 0.2) is 220 Å². The Morgan fingerprint density at radius 1 is 0.383 bits per heavy atom. The number of likely N-dealkylation sites (tertiary alicyclic amines) is 1. The fourth-order valence-corrected chi connectivity index (χ4v) is 17.5. The van der Waals surface area contributed by atoms with E-state index in [0.29, 0.717) is 140 Å². The van der Waals surface area contributed by atoms with Gasteiger partial charge < -0.3 is 44.4 Å². The second kappa shape index (κ2) is 36.3. The van der Waals surface area contributed by atoms with Gasteiger partial charge in [-0.2, -0.15) is 15.8 Å². The normalized spacial score (nSPS) is 16.8. The molecule has 9 heterocycles. The van der Waals surface area contributed by atoms with Gasteiger partial charge in [0.15, 0.2) is 0 Å². The quantitative estimate of drug-likeness (QED) is 0.103. The number of benzene rings is 6. The maximum absolute atomic E-state index is 13.0. The van der Waals surface area contributed by atoms with Crippen molar-refractivity contribution in [3.8, 4) is 18.2 Å². The molecule has 3 aliphatic carbocycles. The molecule has 120 heavy (non-hydrogen) atoms. The lowest BCUT2D eigenvalue weighted by molar-refractivity contribution is 0.125. The molecule has 0 saturated carbocycles. The molecule has 3 aliphatic heterocycles. The van der Waals surface area contributed by atoms with Crippen LogP contribution in [0, 0.1) is 60.7 Å².